The minimum atomic E-state index is -3.83. The maximum atomic E-state index is 13.5. The van der Waals surface area contributed by atoms with Crippen molar-refractivity contribution in [2.45, 2.75) is 48.0 Å². The zero-order chi connectivity index (χ0) is 38.0. The van der Waals surface area contributed by atoms with E-state index >= 15 is 0 Å². The third-order valence-corrected chi connectivity index (χ3v) is 11.0. The molecule has 0 saturated heterocycles. The Morgan fingerprint density at radius 2 is 0.830 bits per heavy atom. The summed E-state index contributed by atoms with van der Waals surface area (Å²) in [4.78, 5) is 25.6. The molecule has 0 heterocycles. The first-order valence-corrected chi connectivity index (χ1v) is 19.0. The first kappa shape index (κ1) is 37.5. The molecule has 268 valence electrons. The lowest BCUT2D eigenvalue weighted by Gasteiger charge is -2.27. The molecule has 0 bridgehead atoms. The Kier molecular flexibility index (Phi) is 10.6. The van der Waals surface area contributed by atoms with E-state index in [2.05, 4.69) is 0 Å². The van der Waals surface area contributed by atoms with Crippen LogP contribution in [0.2, 0.25) is 5.02 Å². The average Bonchev–Trinajstić information content (AvgIpc) is 3.15. The zero-order valence-corrected chi connectivity index (χ0v) is 31.8. The van der Waals surface area contributed by atoms with Gasteiger partial charge in [-0.1, -0.05) is 60.1 Å². The van der Waals surface area contributed by atoms with E-state index in [1.54, 1.807) is 97.1 Å². The smallest absolute Gasteiger partial charge is 0.206 e. The SMILES string of the molecule is CC(C)(Cl)c1ccc(C(=O)c2ccc(Oc3ccc(S(=O)(=O)c4ccc(OC(C)(C)c5ccc(C(=O)c6ccc(Cl)cc6)cc5)cc4)cc3)cc2)cc1. The summed E-state index contributed by atoms with van der Waals surface area (Å²) in [6, 6.07) is 40.3. The molecule has 9 heteroatoms. The third kappa shape index (κ3) is 8.71. The Morgan fingerprint density at radius 1 is 0.491 bits per heavy atom. The Balaban J connectivity index is 1.07. The molecular weight excluding hydrogens is 727 g/mol. The normalized spacial score (nSPS) is 11.9. The van der Waals surface area contributed by atoms with Crippen LogP contribution in [-0.4, -0.2) is 20.0 Å². The number of hydrogen-bond acceptors (Lipinski definition) is 6. The topological polar surface area (TPSA) is 86.7 Å². The Morgan fingerprint density at radius 3 is 1.25 bits per heavy atom. The molecule has 0 unspecified atom stereocenters. The fraction of sp³-hybridized carbons (Fsp3) is 0.136. The summed E-state index contributed by atoms with van der Waals surface area (Å²) in [6.45, 7) is 7.59. The molecule has 0 aliphatic heterocycles. The highest BCUT2D eigenvalue weighted by atomic mass is 35.5. The van der Waals surface area contributed by atoms with E-state index in [1.165, 1.54) is 24.3 Å². The van der Waals surface area contributed by atoms with Crippen LogP contribution in [0.1, 0.15) is 70.7 Å². The predicted octanol–water partition coefficient (Wildman–Crippen LogP) is 11.2. The molecule has 0 aliphatic rings. The van der Waals surface area contributed by atoms with Crippen LogP contribution in [-0.2, 0) is 20.3 Å². The van der Waals surface area contributed by atoms with Crippen molar-refractivity contribution in [3.05, 3.63) is 184 Å². The fourth-order valence-corrected chi connectivity index (χ4v) is 7.16. The molecular formula is C44H36Cl2O6S. The highest BCUT2D eigenvalue weighted by Crippen LogP contribution is 2.32. The van der Waals surface area contributed by atoms with Crippen molar-refractivity contribution in [3.63, 3.8) is 0 Å². The van der Waals surface area contributed by atoms with Crippen molar-refractivity contribution < 1.29 is 27.5 Å². The van der Waals surface area contributed by atoms with E-state index < -0.39 is 20.3 Å². The van der Waals surface area contributed by atoms with Gasteiger partial charge in [-0.05, 0) is 136 Å². The summed E-state index contributed by atoms with van der Waals surface area (Å²) in [5.74, 6) is 1.19. The van der Waals surface area contributed by atoms with Crippen LogP contribution in [0.5, 0.6) is 17.2 Å². The highest BCUT2D eigenvalue weighted by molar-refractivity contribution is 7.91. The molecule has 0 N–H and O–H groups in total. The fourth-order valence-electron chi connectivity index (χ4n) is 5.65. The maximum absolute atomic E-state index is 13.5. The number of sulfone groups is 1. The summed E-state index contributed by atoms with van der Waals surface area (Å²) in [6.07, 6.45) is 0. The van der Waals surface area contributed by atoms with Crippen molar-refractivity contribution in [3.8, 4) is 17.2 Å². The van der Waals surface area contributed by atoms with E-state index in [-0.39, 0.29) is 21.4 Å². The molecule has 6 aromatic carbocycles. The molecule has 0 saturated carbocycles. The van der Waals surface area contributed by atoms with Crippen molar-refractivity contribution in [1.29, 1.82) is 0 Å². The van der Waals surface area contributed by atoms with Gasteiger partial charge in [0.05, 0.1) is 14.7 Å². The van der Waals surface area contributed by atoms with E-state index in [9.17, 15) is 18.0 Å². The number of ketones is 2. The Hall–Kier alpha value is -5.21. The molecule has 6 aromatic rings. The largest absolute Gasteiger partial charge is 0.483 e. The van der Waals surface area contributed by atoms with Gasteiger partial charge in [0.15, 0.2) is 11.6 Å². The maximum Gasteiger partial charge on any atom is 0.206 e. The summed E-state index contributed by atoms with van der Waals surface area (Å²) < 4.78 is 39.1. The number of rotatable bonds is 12. The third-order valence-electron chi connectivity index (χ3n) is 8.78. The molecule has 0 amide bonds. The molecule has 0 atom stereocenters. The second-order valence-electron chi connectivity index (χ2n) is 13.5. The number of hydrogen-bond donors (Lipinski definition) is 0. The predicted molar refractivity (Wildman–Crippen MR) is 209 cm³/mol. The first-order valence-electron chi connectivity index (χ1n) is 16.8. The van der Waals surface area contributed by atoms with Gasteiger partial charge in [0, 0.05) is 27.3 Å². The number of halogens is 2. The lowest BCUT2D eigenvalue weighted by Crippen LogP contribution is -2.25. The van der Waals surface area contributed by atoms with Gasteiger partial charge in [-0.25, -0.2) is 8.42 Å². The van der Waals surface area contributed by atoms with Gasteiger partial charge in [0.1, 0.15) is 22.8 Å². The molecule has 0 aromatic heterocycles. The van der Waals surface area contributed by atoms with Gasteiger partial charge in [-0.2, -0.15) is 0 Å². The molecule has 6 nitrogen and oxygen atoms in total. The van der Waals surface area contributed by atoms with Crippen LogP contribution in [0.25, 0.3) is 0 Å². The lowest BCUT2D eigenvalue weighted by molar-refractivity contribution is 0.102. The van der Waals surface area contributed by atoms with Gasteiger partial charge in [0.2, 0.25) is 9.84 Å². The van der Waals surface area contributed by atoms with Gasteiger partial charge in [-0.15, -0.1) is 11.6 Å². The van der Waals surface area contributed by atoms with E-state index in [0.29, 0.717) is 44.5 Å². The minimum absolute atomic E-state index is 0.108. The van der Waals surface area contributed by atoms with Crippen LogP contribution in [0.4, 0.5) is 0 Å². The van der Waals surface area contributed by atoms with E-state index in [1.807, 2.05) is 52.0 Å². The number of alkyl halides is 1. The Bertz CT molecular complexity index is 2340. The zero-order valence-electron chi connectivity index (χ0n) is 29.5. The van der Waals surface area contributed by atoms with Crippen LogP contribution in [0.15, 0.2) is 155 Å². The monoisotopic (exact) mass is 762 g/mol. The minimum Gasteiger partial charge on any atom is -0.483 e. The van der Waals surface area contributed by atoms with Gasteiger partial charge in [-0.3, -0.25) is 9.59 Å². The molecule has 0 fully saturated rings. The number of carbonyl (C=O) groups is 2. The second kappa shape index (κ2) is 15.0. The summed E-state index contributed by atoms with van der Waals surface area (Å²) in [7, 11) is -3.83. The molecule has 6 rings (SSSR count). The molecule has 53 heavy (non-hydrogen) atoms. The summed E-state index contributed by atoms with van der Waals surface area (Å²) >= 11 is 12.3. The van der Waals surface area contributed by atoms with Crippen molar-refractivity contribution in [1.82, 2.24) is 0 Å². The second-order valence-corrected chi connectivity index (χ2v) is 16.8. The molecule has 0 radical (unpaired) electrons. The van der Waals surface area contributed by atoms with Crippen LogP contribution in [0.3, 0.4) is 0 Å². The van der Waals surface area contributed by atoms with Gasteiger partial charge < -0.3 is 9.47 Å². The Labute approximate surface area is 319 Å². The number of ether oxygens (including phenoxy) is 2. The number of carbonyl (C=O) groups excluding carboxylic acids is 2. The van der Waals surface area contributed by atoms with Crippen molar-refractivity contribution in [2.24, 2.45) is 0 Å². The van der Waals surface area contributed by atoms with Crippen LogP contribution >= 0.6 is 23.2 Å². The molecule has 0 spiro atoms. The van der Waals surface area contributed by atoms with Gasteiger partial charge in [0.25, 0.3) is 0 Å². The van der Waals surface area contributed by atoms with Crippen LogP contribution < -0.4 is 9.47 Å². The first-order chi connectivity index (χ1) is 25.1. The van der Waals surface area contributed by atoms with Crippen molar-refractivity contribution >= 4 is 44.6 Å². The van der Waals surface area contributed by atoms with Gasteiger partial charge >= 0.3 is 0 Å². The highest BCUT2D eigenvalue weighted by Gasteiger charge is 2.25. The quantitative estimate of drug-likeness (QED) is 0.0911. The lowest BCUT2D eigenvalue weighted by atomic mass is 9.95. The summed E-state index contributed by atoms with van der Waals surface area (Å²) in [5, 5.41) is 0.563. The van der Waals surface area contributed by atoms with Crippen molar-refractivity contribution in [2.75, 3.05) is 0 Å². The van der Waals surface area contributed by atoms with E-state index in [4.69, 9.17) is 32.7 Å². The molecule has 0 aliphatic carbocycles. The van der Waals surface area contributed by atoms with E-state index in [0.717, 1.165) is 11.1 Å². The number of benzene rings is 6. The van der Waals surface area contributed by atoms with Crippen LogP contribution in [0, 0.1) is 0 Å². The average molecular weight is 764 g/mol. The summed E-state index contributed by atoms with van der Waals surface area (Å²) in [5.41, 5.74) is 3.14. The standard InChI is InChI=1S/C44H36Cl2O6S/c1-43(2,46)33-13-5-29(6-14-33)42(48)32-11-19-36(20-12-32)51-37-21-25-39(26-22-37)53(49,50)40-27-23-38(24-28-40)52-44(3,4)34-15-7-30(8-16-34)41(47)31-9-17-35(45)18-10-31/h5-28H,1-4H3.